The van der Waals surface area contributed by atoms with Crippen molar-refractivity contribution in [2.24, 2.45) is 5.73 Å². The first-order valence-electron chi connectivity index (χ1n) is 6.58. The predicted octanol–water partition coefficient (Wildman–Crippen LogP) is 0.247. The Morgan fingerprint density at radius 3 is 2.43 bits per heavy atom. The zero-order valence-electron chi connectivity index (χ0n) is 11.5. The van der Waals surface area contributed by atoms with Crippen LogP contribution in [-0.2, 0) is 16.0 Å². The van der Waals surface area contributed by atoms with E-state index in [2.05, 4.69) is 10.6 Å². The van der Waals surface area contributed by atoms with E-state index in [0.717, 1.165) is 5.56 Å². The summed E-state index contributed by atoms with van der Waals surface area (Å²) in [6, 6.07) is 7.87. The van der Waals surface area contributed by atoms with Gasteiger partial charge in [-0.3, -0.25) is 4.79 Å². The molecule has 1 atom stereocenters. The van der Waals surface area contributed by atoms with Crippen LogP contribution in [0.15, 0.2) is 30.3 Å². The van der Waals surface area contributed by atoms with Gasteiger partial charge in [-0.25, -0.2) is 9.59 Å². The van der Waals surface area contributed by atoms with Crippen LogP contribution in [0.1, 0.15) is 18.4 Å². The Kier molecular flexibility index (Phi) is 6.73. The lowest BCUT2D eigenvalue weighted by Crippen LogP contribution is -2.46. The van der Waals surface area contributed by atoms with Crippen molar-refractivity contribution < 1.29 is 19.5 Å². The first kappa shape index (κ1) is 16.5. The minimum Gasteiger partial charge on any atom is -0.480 e. The molecule has 0 saturated carbocycles. The first-order chi connectivity index (χ1) is 9.99. The molecule has 0 aliphatic heterocycles. The van der Waals surface area contributed by atoms with Crippen LogP contribution in [0.25, 0.3) is 0 Å². The number of carbonyl (C=O) groups is 3. The van der Waals surface area contributed by atoms with Gasteiger partial charge in [-0.1, -0.05) is 30.3 Å². The van der Waals surface area contributed by atoms with Gasteiger partial charge in [0.2, 0.25) is 5.91 Å². The van der Waals surface area contributed by atoms with Crippen LogP contribution in [0.5, 0.6) is 0 Å². The minimum absolute atomic E-state index is 0.0310. The Bertz CT molecular complexity index is 490. The highest BCUT2D eigenvalue weighted by Gasteiger charge is 2.20. The van der Waals surface area contributed by atoms with Gasteiger partial charge in [0.15, 0.2) is 0 Å². The average molecular weight is 293 g/mol. The fourth-order valence-electron chi connectivity index (χ4n) is 1.72. The van der Waals surface area contributed by atoms with E-state index in [9.17, 15) is 14.4 Å². The molecule has 21 heavy (non-hydrogen) atoms. The van der Waals surface area contributed by atoms with Gasteiger partial charge >= 0.3 is 12.0 Å². The fourth-order valence-corrected chi connectivity index (χ4v) is 1.72. The lowest BCUT2D eigenvalue weighted by Gasteiger charge is -2.14. The van der Waals surface area contributed by atoms with Gasteiger partial charge in [0, 0.05) is 13.0 Å². The number of urea groups is 1. The number of amides is 3. The van der Waals surface area contributed by atoms with Crippen molar-refractivity contribution in [1.82, 2.24) is 10.6 Å². The average Bonchev–Trinajstić information content (AvgIpc) is 2.44. The van der Waals surface area contributed by atoms with Crippen LogP contribution in [-0.4, -0.2) is 35.6 Å². The maximum Gasteiger partial charge on any atom is 0.326 e. The number of carboxylic acids is 1. The minimum atomic E-state index is -1.20. The third-order valence-corrected chi connectivity index (χ3v) is 2.82. The normalized spacial score (nSPS) is 11.4. The van der Waals surface area contributed by atoms with E-state index < -0.39 is 23.9 Å². The quantitative estimate of drug-likeness (QED) is 0.548. The van der Waals surface area contributed by atoms with Gasteiger partial charge < -0.3 is 21.5 Å². The Labute approximate surface area is 122 Å². The topological polar surface area (TPSA) is 122 Å². The molecule has 0 heterocycles. The first-order valence-corrected chi connectivity index (χ1v) is 6.58. The third-order valence-electron chi connectivity index (χ3n) is 2.82. The SMILES string of the molecule is NC(=O)CCC(NC(=O)NCCc1ccccc1)C(=O)O. The molecule has 1 rings (SSSR count). The van der Waals surface area contributed by atoms with Gasteiger partial charge in [0.1, 0.15) is 6.04 Å². The molecule has 0 spiro atoms. The van der Waals surface area contributed by atoms with Crippen molar-refractivity contribution in [2.45, 2.75) is 25.3 Å². The van der Waals surface area contributed by atoms with Gasteiger partial charge in [0.25, 0.3) is 0 Å². The number of carbonyl (C=O) groups excluding carboxylic acids is 2. The van der Waals surface area contributed by atoms with E-state index in [0.29, 0.717) is 13.0 Å². The van der Waals surface area contributed by atoms with Gasteiger partial charge in [-0.2, -0.15) is 0 Å². The highest BCUT2D eigenvalue weighted by atomic mass is 16.4. The largest absolute Gasteiger partial charge is 0.480 e. The predicted molar refractivity (Wildman–Crippen MR) is 76.5 cm³/mol. The Morgan fingerprint density at radius 1 is 1.19 bits per heavy atom. The molecule has 114 valence electrons. The molecule has 0 aromatic heterocycles. The van der Waals surface area contributed by atoms with Crippen LogP contribution in [0.4, 0.5) is 4.79 Å². The van der Waals surface area contributed by atoms with Crippen LogP contribution in [0.3, 0.4) is 0 Å². The Hall–Kier alpha value is -2.57. The standard InChI is InChI=1S/C14H19N3O4/c15-12(18)7-6-11(13(19)20)17-14(21)16-9-8-10-4-2-1-3-5-10/h1-5,11H,6-9H2,(H2,15,18)(H,19,20)(H2,16,17,21). The number of benzene rings is 1. The van der Waals surface area contributed by atoms with Crippen molar-refractivity contribution in [3.63, 3.8) is 0 Å². The number of aliphatic carboxylic acids is 1. The summed E-state index contributed by atoms with van der Waals surface area (Å²) in [5.41, 5.74) is 6.03. The summed E-state index contributed by atoms with van der Waals surface area (Å²) in [6.45, 7) is 0.387. The fraction of sp³-hybridized carbons (Fsp3) is 0.357. The van der Waals surface area contributed by atoms with E-state index >= 15 is 0 Å². The molecule has 7 nitrogen and oxygen atoms in total. The number of primary amides is 1. The van der Waals surface area contributed by atoms with Gasteiger partial charge in [-0.05, 0) is 18.4 Å². The molecule has 5 N–H and O–H groups in total. The second kappa shape index (κ2) is 8.57. The smallest absolute Gasteiger partial charge is 0.326 e. The van der Waals surface area contributed by atoms with E-state index in [1.807, 2.05) is 30.3 Å². The highest BCUT2D eigenvalue weighted by molar-refractivity contribution is 5.83. The molecule has 0 fully saturated rings. The maximum absolute atomic E-state index is 11.6. The van der Waals surface area contributed by atoms with E-state index in [1.54, 1.807) is 0 Å². The van der Waals surface area contributed by atoms with Gasteiger partial charge in [-0.15, -0.1) is 0 Å². The second-order valence-electron chi connectivity index (χ2n) is 4.53. The molecule has 7 heteroatoms. The van der Waals surface area contributed by atoms with Crippen molar-refractivity contribution in [1.29, 1.82) is 0 Å². The highest BCUT2D eigenvalue weighted by Crippen LogP contribution is 1.99. The summed E-state index contributed by atoms with van der Waals surface area (Å²) >= 11 is 0. The summed E-state index contributed by atoms with van der Waals surface area (Å²) in [7, 11) is 0. The molecule has 1 unspecified atom stereocenters. The zero-order chi connectivity index (χ0) is 15.7. The number of rotatable bonds is 8. The number of nitrogens with two attached hydrogens (primary N) is 1. The summed E-state index contributed by atoms with van der Waals surface area (Å²) in [4.78, 5) is 33.2. The second-order valence-corrected chi connectivity index (χ2v) is 4.53. The Balaban J connectivity index is 2.33. The lowest BCUT2D eigenvalue weighted by molar-refractivity contribution is -0.139. The van der Waals surface area contributed by atoms with Crippen LogP contribution in [0.2, 0.25) is 0 Å². The molecule has 0 radical (unpaired) electrons. The summed E-state index contributed by atoms with van der Waals surface area (Å²) in [6.07, 6.45) is 0.519. The lowest BCUT2D eigenvalue weighted by atomic mass is 10.1. The number of nitrogens with one attached hydrogen (secondary N) is 2. The molecule has 0 aliphatic carbocycles. The van der Waals surface area contributed by atoms with Crippen LogP contribution in [0, 0.1) is 0 Å². The molecule has 0 saturated heterocycles. The molecular weight excluding hydrogens is 274 g/mol. The third kappa shape index (κ3) is 6.95. The molecule has 1 aromatic rings. The van der Waals surface area contributed by atoms with Crippen molar-refractivity contribution in [2.75, 3.05) is 6.54 Å². The van der Waals surface area contributed by atoms with E-state index in [1.165, 1.54) is 0 Å². The summed E-state index contributed by atoms with van der Waals surface area (Å²) in [5, 5.41) is 13.8. The van der Waals surface area contributed by atoms with Crippen LogP contribution < -0.4 is 16.4 Å². The van der Waals surface area contributed by atoms with Crippen molar-refractivity contribution in [3.8, 4) is 0 Å². The Morgan fingerprint density at radius 2 is 1.86 bits per heavy atom. The molecule has 0 aliphatic rings. The van der Waals surface area contributed by atoms with Crippen LogP contribution >= 0.6 is 0 Å². The van der Waals surface area contributed by atoms with E-state index in [4.69, 9.17) is 10.8 Å². The summed E-state index contributed by atoms with van der Waals surface area (Å²) < 4.78 is 0. The monoisotopic (exact) mass is 293 g/mol. The molecular formula is C14H19N3O4. The number of hydrogen-bond acceptors (Lipinski definition) is 3. The number of hydrogen-bond donors (Lipinski definition) is 4. The zero-order valence-corrected chi connectivity index (χ0v) is 11.5. The maximum atomic E-state index is 11.6. The molecule has 0 bridgehead atoms. The summed E-state index contributed by atoms with van der Waals surface area (Å²) in [5.74, 6) is -1.80. The van der Waals surface area contributed by atoms with Crippen molar-refractivity contribution >= 4 is 17.9 Å². The molecule has 3 amide bonds. The van der Waals surface area contributed by atoms with E-state index in [-0.39, 0.29) is 12.8 Å². The molecule has 1 aromatic carbocycles. The van der Waals surface area contributed by atoms with Crippen molar-refractivity contribution in [3.05, 3.63) is 35.9 Å². The number of carboxylic acid groups (broad SMARTS) is 1. The van der Waals surface area contributed by atoms with Gasteiger partial charge in [0.05, 0.1) is 0 Å².